The number of ether oxygens (including phenoxy) is 1. The number of primary amides is 1. The maximum Gasteiger partial charge on any atom is 0.330 e. The molecule has 226 valence electrons. The molecule has 11 heteroatoms. The third-order valence-corrected chi connectivity index (χ3v) is 7.72. The fourth-order valence-electron chi connectivity index (χ4n) is 4.55. The number of thioether (sulfide) groups is 1. The van der Waals surface area contributed by atoms with E-state index in [1.54, 1.807) is 6.92 Å². The van der Waals surface area contributed by atoms with Crippen LogP contribution in [0, 0.1) is 5.92 Å². The van der Waals surface area contributed by atoms with Crippen molar-refractivity contribution in [2.75, 3.05) is 6.61 Å². The topological polar surface area (TPSA) is 157 Å². The second-order valence-electron chi connectivity index (χ2n) is 10.6. The van der Waals surface area contributed by atoms with E-state index >= 15 is 0 Å². The van der Waals surface area contributed by atoms with Gasteiger partial charge in [0.1, 0.15) is 12.1 Å². The zero-order chi connectivity index (χ0) is 30.2. The summed E-state index contributed by atoms with van der Waals surface area (Å²) in [6, 6.07) is 6.74. The van der Waals surface area contributed by atoms with Crippen molar-refractivity contribution in [3.8, 4) is 0 Å². The predicted molar refractivity (Wildman–Crippen MR) is 160 cm³/mol. The minimum absolute atomic E-state index is 0.0189. The Balaban J connectivity index is 2.20. The van der Waals surface area contributed by atoms with Crippen LogP contribution in [0.15, 0.2) is 42.5 Å². The van der Waals surface area contributed by atoms with Crippen LogP contribution in [0.1, 0.15) is 71.3 Å². The lowest BCUT2D eigenvalue weighted by molar-refractivity contribution is -0.137. The van der Waals surface area contributed by atoms with Gasteiger partial charge in [0.15, 0.2) is 0 Å². The Bertz CT molecular complexity index is 1040. The van der Waals surface area contributed by atoms with Gasteiger partial charge in [0, 0.05) is 30.2 Å². The lowest BCUT2D eigenvalue weighted by Crippen LogP contribution is -2.55. The van der Waals surface area contributed by atoms with Crippen molar-refractivity contribution in [3.63, 3.8) is 0 Å². The number of carbonyl (C=O) groups excluding carboxylic acids is 5. The highest BCUT2D eigenvalue weighted by molar-refractivity contribution is 8.14. The van der Waals surface area contributed by atoms with Gasteiger partial charge in [-0.15, -0.1) is 0 Å². The number of hydrogen-bond acceptors (Lipinski definition) is 7. The average Bonchev–Trinajstić information content (AvgIpc) is 3.42. The standard InChI is InChI=1S/C30H44N4O6S/c1-4-40-27(36)17-15-22(14-16-26(31)35)32-28(37)25(19-21-10-6-5-7-11-21)33-29(38)24(18-20(2)3)34-30(39)41-23-12-8-9-13-23/h5-7,10-11,15,17,20,22-25H,4,8-9,12-14,16,18-19H2,1-3H3,(H2,31,35)(H,32,37)(H,33,38)(H,34,39)/b17-15+/t22-,24-,25-/m0/s1. The van der Waals surface area contributed by atoms with Crippen LogP contribution in [0.25, 0.3) is 0 Å². The third kappa shape index (κ3) is 13.7. The number of esters is 1. The van der Waals surface area contributed by atoms with E-state index in [1.807, 2.05) is 44.2 Å². The molecule has 1 aromatic rings. The Labute approximate surface area is 247 Å². The minimum Gasteiger partial charge on any atom is -0.463 e. The molecule has 10 nitrogen and oxygen atoms in total. The highest BCUT2D eigenvalue weighted by Crippen LogP contribution is 2.29. The van der Waals surface area contributed by atoms with Gasteiger partial charge in [-0.1, -0.05) is 74.9 Å². The van der Waals surface area contributed by atoms with Crippen LogP contribution < -0.4 is 21.7 Å². The number of amides is 4. The first-order valence-corrected chi connectivity index (χ1v) is 15.2. The van der Waals surface area contributed by atoms with Gasteiger partial charge in [0.05, 0.1) is 6.61 Å². The second kappa shape index (κ2) is 18.2. The van der Waals surface area contributed by atoms with Gasteiger partial charge in [-0.05, 0) is 44.1 Å². The average molecular weight is 589 g/mol. The lowest BCUT2D eigenvalue weighted by Gasteiger charge is -2.26. The number of nitrogens with one attached hydrogen (secondary N) is 3. The minimum atomic E-state index is -0.981. The quantitative estimate of drug-likeness (QED) is 0.170. The molecule has 1 fully saturated rings. The van der Waals surface area contributed by atoms with Gasteiger partial charge in [-0.2, -0.15) is 0 Å². The van der Waals surface area contributed by atoms with Crippen molar-refractivity contribution in [1.29, 1.82) is 0 Å². The van der Waals surface area contributed by atoms with Crippen LogP contribution in [0.5, 0.6) is 0 Å². The predicted octanol–water partition coefficient (Wildman–Crippen LogP) is 3.38. The summed E-state index contributed by atoms with van der Waals surface area (Å²) in [5.74, 6) is -1.96. The van der Waals surface area contributed by atoms with E-state index in [0.29, 0.717) is 6.42 Å². The van der Waals surface area contributed by atoms with Gasteiger partial charge in [0.2, 0.25) is 17.7 Å². The van der Waals surface area contributed by atoms with Crippen molar-refractivity contribution in [2.45, 2.75) is 95.5 Å². The maximum absolute atomic E-state index is 13.5. The zero-order valence-corrected chi connectivity index (χ0v) is 25.0. The van der Waals surface area contributed by atoms with Crippen molar-refractivity contribution in [2.24, 2.45) is 11.7 Å². The number of hydrogen-bond donors (Lipinski definition) is 4. The van der Waals surface area contributed by atoms with E-state index in [2.05, 4.69) is 16.0 Å². The Morgan fingerprint density at radius 3 is 2.27 bits per heavy atom. The van der Waals surface area contributed by atoms with E-state index in [-0.39, 0.29) is 42.3 Å². The summed E-state index contributed by atoms with van der Waals surface area (Å²) < 4.78 is 4.91. The SMILES string of the molecule is CCOC(=O)/C=C/[C@H](CCC(N)=O)NC(=O)[C@H](Cc1ccccc1)NC(=O)[C@H](CC(C)C)NC(=O)SC1CCCC1. The van der Waals surface area contributed by atoms with Crippen molar-refractivity contribution < 1.29 is 28.7 Å². The van der Waals surface area contributed by atoms with Crippen LogP contribution in [-0.4, -0.2) is 58.9 Å². The first kappa shape index (κ1) is 33.9. The molecule has 1 saturated carbocycles. The Hall–Kier alpha value is -3.34. The normalized spacial score (nSPS) is 15.7. The maximum atomic E-state index is 13.5. The molecular weight excluding hydrogens is 544 g/mol. The smallest absolute Gasteiger partial charge is 0.330 e. The molecule has 4 amide bonds. The number of nitrogens with two attached hydrogens (primary N) is 1. The molecule has 0 radical (unpaired) electrons. The van der Waals surface area contributed by atoms with Crippen LogP contribution in [0.4, 0.5) is 4.79 Å². The molecule has 0 saturated heterocycles. The van der Waals surface area contributed by atoms with E-state index < -0.39 is 41.8 Å². The van der Waals surface area contributed by atoms with Crippen LogP contribution in [-0.2, 0) is 30.3 Å². The van der Waals surface area contributed by atoms with E-state index in [1.165, 1.54) is 23.9 Å². The summed E-state index contributed by atoms with van der Waals surface area (Å²) in [7, 11) is 0. The largest absolute Gasteiger partial charge is 0.463 e. The Morgan fingerprint density at radius 1 is 1.00 bits per heavy atom. The van der Waals surface area contributed by atoms with Gasteiger partial charge in [-0.3, -0.25) is 19.2 Å². The Kier molecular flexibility index (Phi) is 15.0. The van der Waals surface area contributed by atoms with Crippen molar-refractivity contribution in [3.05, 3.63) is 48.0 Å². The molecule has 0 bridgehead atoms. The monoisotopic (exact) mass is 588 g/mol. The molecule has 0 spiro atoms. The molecule has 1 aliphatic carbocycles. The summed E-state index contributed by atoms with van der Waals surface area (Å²) in [6.45, 7) is 5.80. The van der Waals surface area contributed by atoms with E-state index in [4.69, 9.17) is 10.5 Å². The lowest BCUT2D eigenvalue weighted by atomic mass is 10.0. The molecule has 0 aromatic heterocycles. The highest BCUT2D eigenvalue weighted by Gasteiger charge is 2.29. The highest BCUT2D eigenvalue weighted by atomic mass is 32.2. The zero-order valence-electron chi connectivity index (χ0n) is 24.2. The van der Waals surface area contributed by atoms with Gasteiger partial charge in [0.25, 0.3) is 5.24 Å². The van der Waals surface area contributed by atoms with E-state index in [9.17, 15) is 24.0 Å². The van der Waals surface area contributed by atoms with E-state index in [0.717, 1.165) is 31.2 Å². The fraction of sp³-hybridized carbons (Fsp3) is 0.567. The first-order valence-electron chi connectivity index (χ1n) is 14.3. The number of benzene rings is 1. The molecule has 2 rings (SSSR count). The summed E-state index contributed by atoms with van der Waals surface area (Å²) in [5, 5.41) is 8.55. The summed E-state index contributed by atoms with van der Waals surface area (Å²) in [5.41, 5.74) is 6.13. The summed E-state index contributed by atoms with van der Waals surface area (Å²) >= 11 is 1.24. The summed E-state index contributed by atoms with van der Waals surface area (Å²) in [4.78, 5) is 63.0. The molecule has 41 heavy (non-hydrogen) atoms. The Morgan fingerprint density at radius 2 is 1.66 bits per heavy atom. The molecule has 0 heterocycles. The molecule has 0 unspecified atom stereocenters. The molecule has 3 atom stereocenters. The molecule has 1 aliphatic rings. The van der Waals surface area contributed by atoms with Gasteiger partial charge >= 0.3 is 5.97 Å². The van der Waals surface area contributed by atoms with Crippen molar-refractivity contribution in [1.82, 2.24) is 16.0 Å². The number of rotatable bonds is 16. The summed E-state index contributed by atoms with van der Waals surface area (Å²) in [6.07, 6.45) is 7.56. The molecular formula is C30H44N4O6S. The second-order valence-corrected chi connectivity index (χ2v) is 11.9. The van der Waals surface area contributed by atoms with Gasteiger partial charge in [-0.25, -0.2) is 4.79 Å². The van der Waals surface area contributed by atoms with Crippen LogP contribution in [0.3, 0.4) is 0 Å². The van der Waals surface area contributed by atoms with Crippen molar-refractivity contribution >= 4 is 40.7 Å². The van der Waals surface area contributed by atoms with Crippen LogP contribution >= 0.6 is 11.8 Å². The molecule has 0 aliphatic heterocycles. The van der Waals surface area contributed by atoms with Crippen LogP contribution in [0.2, 0.25) is 0 Å². The molecule has 1 aromatic carbocycles. The fourth-order valence-corrected chi connectivity index (χ4v) is 5.63. The first-order chi connectivity index (χ1) is 19.6. The van der Waals surface area contributed by atoms with Gasteiger partial charge < -0.3 is 26.4 Å². The number of carbonyl (C=O) groups is 5. The third-order valence-electron chi connectivity index (χ3n) is 6.59. The molecule has 5 N–H and O–H groups in total.